The van der Waals surface area contributed by atoms with E-state index in [1.807, 2.05) is 30.3 Å². The summed E-state index contributed by atoms with van der Waals surface area (Å²) in [6.07, 6.45) is 3.12. The molecule has 1 N–H and O–H groups in total. The maximum atomic E-state index is 11.2. The van der Waals surface area contributed by atoms with E-state index in [0.29, 0.717) is 34.4 Å². The zero-order valence-corrected chi connectivity index (χ0v) is 23.0. The molecule has 0 fully saturated rings. The second-order valence-corrected chi connectivity index (χ2v) is 10.3. The normalized spacial score (nSPS) is 11.6. The molecule has 0 unspecified atom stereocenters. The maximum Gasteiger partial charge on any atom is 0.217 e. The van der Waals surface area contributed by atoms with Crippen molar-refractivity contribution in [2.75, 3.05) is 0 Å². The number of ether oxygens (including phenoxy) is 1. The predicted octanol–water partition coefficient (Wildman–Crippen LogP) is 6.49. The van der Waals surface area contributed by atoms with Crippen molar-refractivity contribution < 1.29 is 30.9 Å². The SMILES string of the molecule is CC(C)(C)c1cc(-c2ncnc(-c3[c-]c(Oc4ccccn4)ccc3)n2)c(O)c(C(C)(C)C)c1.[Pt]. The van der Waals surface area contributed by atoms with E-state index in [2.05, 4.69) is 73.6 Å². The average molecular weight is 649 g/mol. The Labute approximate surface area is 221 Å². The zero-order valence-electron chi connectivity index (χ0n) is 20.7. The van der Waals surface area contributed by atoms with E-state index in [0.717, 1.165) is 11.1 Å². The third-order valence-corrected chi connectivity index (χ3v) is 5.46. The third-order valence-electron chi connectivity index (χ3n) is 5.46. The number of hydrogen-bond donors (Lipinski definition) is 1. The number of aromatic hydroxyl groups is 1. The van der Waals surface area contributed by atoms with E-state index >= 15 is 0 Å². The van der Waals surface area contributed by atoms with Crippen LogP contribution in [0, 0.1) is 6.07 Å². The van der Waals surface area contributed by atoms with E-state index in [1.165, 1.54) is 6.33 Å². The van der Waals surface area contributed by atoms with Crippen molar-refractivity contribution >= 4 is 0 Å². The molecular formula is C28H29N4O2Pt-. The molecule has 7 heteroatoms. The van der Waals surface area contributed by atoms with Crippen LogP contribution >= 0.6 is 0 Å². The second kappa shape index (κ2) is 10.2. The molecule has 4 rings (SSSR count). The van der Waals surface area contributed by atoms with Gasteiger partial charge in [-0.25, -0.2) is 9.97 Å². The summed E-state index contributed by atoms with van der Waals surface area (Å²) in [5.41, 5.74) is 2.84. The molecule has 0 bridgehead atoms. The number of pyridine rings is 1. The van der Waals surface area contributed by atoms with E-state index in [-0.39, 0.29) is 37.6 Å². The van der Waals surface area contributed by atoms with Crippen molar-refractivity contribution in [3.05, 3.63) is 78.2 Å². The summed E-state index contributed by atoms with van der Waals surface area (Å²) in [5.74, 6) is 2.02. The van der Waals surface area contributed by atoms with Crippen LogP contribution in [-0.2, 0) is 31.9 Å². The molecule has 2 aromatic heterocycles. The van der Waals surface area contributed by atoms with Gasteiger partial charge in [-0.2, -0.15) is 0 Å². The molecule has 0 radical (unpaired) electrons. The van der Waals surface area contributed by atoms with Crippen LogP contribution in [0.15, 0.2) is 61.1 Å². The van der Waals surface area contributed by atoms with Crippen molar-refractivity contribution in [3.63, 3.8) is 0 Å². The van der Waals surface area contributed by atoms with Gasteiger partial charge in [-0.05, 0) is 28.5 Å². The van der Waals surface area contributed by atoms with Crippen LogP contribution in [0.1, 0.15) is 52.7 Å². The Morgan fingerprint density at radius 1 is 0.829 bits per heavy atom. The summed E-state index contributed by atoms with van der Waals surface area (Å²) in [5, 5.41) is 11.2. The molecule has 4 aromatic rings. The van der Waals surface area contributed by atoms with E-state index < -0.39 is 0 Å². The average Bonchev–Trinajstić information content (AvgIpc) is 2.78. The van der Waals surface area contributed by atoms with Gasteiger partial charge in [0.2, 0.25) is 5.88 Å². The minimum Gasteiger partial charge on any atom is -0.507 e. The smallest absolute Gasteiger partial charge is 0.217 e. The first-order valence-corrected chi connectivity index (χ1v) is 11.2. The molecule has 35 heavy (non-hydrogen) atoms. The van der Waals surface area contributed by atoms with Gasteiger partial charge >= 0.3 is 0 Å². The molecular weight excluding hydrogens is 619 g/mol. The van der Waals surface area contributed by atoms with Crippen molar-refractivity contribution in [1.82, 2.24) is 19.9 Å². The van der Waals surface area contributed by atoms with Gasteiger partial charge in [-0.15, -0.1) is 23.8 Å². The predicted molar refractivity (Wildman–Crippen MR) is 133 cm³/mol. The zero-order chi connectivity index (χ0) is 24.5. The summed E-state index contributed by atoms with van der Waals surface area (Å²) >= 11 is 0. The summed E-state index contributed by atoms with van der Waals surface area (Å²) in [6.45, 7) is 12.7. The van der Waals surface area contributed by atoms with Crippen LogP contribution in [0.3, 0.4) is 0 Å². The molecule has 0 aliphatic heterocycles. The molecule has 0 amide bonds. The molecule has 0 saturated heterocycles. The second-order valence-electron chi connectivity index (χ2n) is 10.3. The van der Waals surface area contributed by atoms with Crippen LogP contribution in [0.4, 0.5) is 0 Å². The molecule has 184 valence electrons. The molecule has 0 aliphatic carbocycles. The summed E-state index contributed by atoms with van der Waals surface area (Å²) in [6, 6.07) is 18.2. The monoisotopic (exact) mass is 648 g/mol. The maximum absolute atomic E-state index is 11.2. The number of phenols is 1. The van der Waals surface area contributed by atoms with E-state index in [4.69, 9.17) is 4.74 Å². The standard InChI is InChI=1S/C28H29N4O2.Pt/c1-27(2,3)19-15-21(24(33)22(16-19)28(4,5)6)26-31-17-30-25(32-26)18-10-9-11-20(14-18)34-23-12-7-8-13-29-23;/h7-13,15-17,33H,1-6H3;/q-1;. The molecule has 0 aliphatic rings. The first kappa shape index (κ1) is 26.5. The number of rotatable bonds is 4. The van der Waals surface area contributed by atoms with Gasteiger partial charge < -0.3 is 9.84 Å². The topological polar surface area (TPSA) is 81.0 Å². The fourth-order valence-electron chi connectivity index (χ4n) is 3.52. The van der Waals surface area contributed by atoms with E-state index in [1.54, 1.807) is 18.3 Å². The largest absolute Gasteiger partial charge is 0.507 e. The quantitative estimate of drug-likeness (QED) is 0.255. The van der Waals surface area contributed by atoms with Crippen LogP contribution < -0.4 is 4.74 Å². The van der Waals surface area contributed by atoms with Crippen LogP contribution in [0.5, 0.6) is 17.4 Å². The molecule has 2 aromatic carbocycles. The fraction of sp³-hybridized carbons (Fsp3) is 0.286. The van der Waals surface area contributed by atoms with Gasteiger partial charge in [0.05, 0.1) is 11.4 Å². The fourth-order valence-corrected chi connectivity index (χ4v) is 3.52. The number of hydrogen-bond acceptors (Lipinski definition) is 6. The van der Waals surface area contributed by atoms with Crippen LogP contribution in [0.25, 0.3) is 22.8 Å². The van der Waals surface area contributed by atoms with Gasteiger partial charge in [-0.3, -0.25) is 9.97 Å². The first-order valence-electron chi connectivity index (χ1n) is 11.2. The van der Waals surface area contributed by atoms with Crippen molar-refractivity contribution in [2.45, 2.75) is 52.4 Å². The molecule has 2 heterocycles. The minimum atomic E-state index is -0.249. The Hall–Kier alpha value is -3.11. The van der Waals surface area contributed by atoms with E-state index in [9.17, 15) is 5.11 Å². The Kier molecular flexibility index (Phi) is 7.76. The molecule has 0 spiro atoms. The van der Waals surface area contributed by atoms with Gasteiger partial charge in [0.1, 0.15) is 12.1 Å². The Bertz CT molecular complexity index is 1310. The number of phenolic OH excluding ortho intramolecular Hbond substituents is 1. The van der Waals surface area contributed by atoms with Gasteiger partial charge in [0.25, 0.3) is 0 Å². The summed E-state index contributed by atoms with van der Waals surface area (Å²) in [4.78, 5) is 17.6. The number of benzene rings is 2. The Balaban J connectivity index is 0.00000342. The number of aromatic nitrogens is 4. The van der Waals surface area contributed by atoms with Gasteiger partial charge in [0.15, 0.2) is 5.82 Å². The van der Waals surface area contributed by atoms with Crippen molar-refractivity contribution in [3.8, 4) is 40.2 Å². The Morgan fingerprint density at radius 2 is 1.57 bits per heavy atom. The minimum absolute atomic E-state index is 0. The summed E-state index contributed by atoms with van der Waals surface area (Å²) in [7, 11) is 0. The molecule has 0 saturated carbocycles. The van der Waals surface area contributed by atoms with Crippen LogP contribution in [0.2, 0.25) is 0 Å². The summed E-state index contributed by atoms with van der Waals surface area (Å²) < 4.78 is 5.80. The van der Waals surface area contributed by atoms with Crippen molar-refractivity contribution in [2.24, 2.45) is 0 Å². The number of nitrogens with zero attached hydrogens (tertiary/aromatic N) is 4. The van der Waals surface area contributed by atoms with Crippen LogP contribution in [-0.4, -0.2) is 25.0 Å². The van der Waals surface area contributed by atoms with Gasteiger partial charge in [-0.1, -0.05) is 59.7 Å². The first-order chi connectivity index (χ1) is 16.0. The Morgan fingerprint density at radius 3 is 2.23 bits per heavy atom. The van der Waals surface area contributed by atoms with Crippen molar-refractivity contribution in [1.29, 1.82) is 0 Å². The molecule has 6 nitrogen and oxygen atoms in total. The van der Waals surface area contributed by atoms with Gasteiger partial charge in [0, 0.05) is 44.6 Å². The third kappa shape index (κ3) is 6.12. The molecule has 0 atom stereocenters.